The Labute approximate surface area is 127 Å². The Bertz CT molecular complexity index is 578. The number of hydrogen-bond donors (Lipinski definition) is 2. The number of aliphatic carboxylic acids is 2. The van der Waals surface area contributed by atoms with Crippen LogP contribution in [0.4, 0.5) is 0 Å². The van der Waals surface area contributed by atoms with Crippen molar-refractivity contribution in [1.29, 1.82) is 0 Å². The maximum absolute atomic E-state index is 11.8. The van der Waals surface area contributed by atoms with E-state index in [1.54, 1.807) is 24.3 Å². The van der Waals surface area contributed by atoms with E-state index in [2.05, 4.69) is 0 Å². The summed E-state index contributed by atoms with van der Waals surface area (Å²) in [4.78, 5) is 45.5. The molecule has 1 aromatic rings. The third kappa shape index (κ3) is 5.74. The van der Waals surface area contributed by atoms with Crippen LogP contribution in [0.5, 0.6) is 0 Å². The van der Waals surface area contributed by atoms with E-state index in [1.165, 1.54) is 11.8 Å². The number of nitrogens with zero attached hydrogens (tertiary/aromatic N) is 1. The Morgan fingerprint density at radius 1 is 1.00 bits per heavy atom. The van der Waals surface area contributed by atoms with Crippen molar-refractivity contribution in [2.24, 2.45) is 0 Å². The highest BCUT2D eigenvalue weighted by Gasteiger charge is 2.18. The number of rotatable bonds is 8. The highest BCUT2D eigenvalue weighted by Crippen LogP contribution is 2.10. The SMILES string of the molecule is CC(=O)c1ccc(CN(CCC(=O)O)C(=O)CC(=O)O)cc1. The van der Waals surface area contributed by atoms with Gasteiger partial charge in [0.1, 0.15) is 6.42 Å². The minimum absolute atomic E-state index is 0.0735. The Kier molecular flexibility index (Phi) is 6.25. The first kappa shape index (κ1) is 17.4. The second-order valence-corrected chi connectivity index (χ2v) is 4.78. The first-order chi connectivity index (χ1) is 10.3. The van der Waals surface area contributed by atoms with Gasteiger partial charge < -0.3 is 15.1 Å². The van der Waals surface area contributed by atoms with Gasteiger partial charge in [-0.1, -0.05) is 24.3 Å². The number of carbonyl (C=O) groups is 4. The van der Waals surface area contributed by atoms with Gasteiger partial charge in [0.25, 0.3) is 0 Å². The lowest BCUT2D eigenvalue weighted by Crippen LogP contribution is -2.33. The van der Waals surface area contributed by atoms with Crippen molar-refractivity contribution in [3.05, 3.63) is 35.4 Å². The van der Waals surface area contributed by atoms with E-state index in [1.807, 2.05) is 0 Å². The predicted molar refractivity (Wildman–Crippen MR) is 76.4 cm³/mol. The van der Waals surface area contributed by atoms with Crippen LogP contribution >= 0.6 is 0 Å². The predicted octanol–water partition coefficient (Wildman–Crippen LogP) is 1.17. The van der Waals surface area contributed by atoms with Crippen LogP contribution in [0.2, 0.25) is 0 Å². The molecule has 0 unspecified atom stereocenters. The molecule has 7 nitrogen and oxygen atoms in total. The molecule has 0 aliphatic rings. The van der Waals surface area contributed by atoms with Crippen molar-refractivity contribution < 1.29 is 29.4 Å². The minimum Gasteiger partial charge on any atom is -0.481 e. The number of carboxylic acid groups (broad SMARTS) is 2. The molecular weight excluding hydrogens is 290 g/mol. The summed E-state index contributed by atoms with van der Waals surface area (Å²) in [5, 5.41) is 17.4. The van der Waals surface area contributed by atoms with E-state index in [4.69, 9.17) is 10.2 Å². The Balaban J connectivity index is 2.81. The average Bonchev–Trinajstić information content (AvgIpc) is 2.42. The Morgan fingerprint density at radius 2 is 1.59 bits per heavy atom. The van der Waals surface area contributed by atoms with Gasteiger partial charge in [-0.15, -0.1) is 0 Å². The Morgan fingerprint density at radius 3 is 2.05 bits per heavy atom. The van der Waals surface area contributed by atoms with E-state index in [-0.39, 0.29) is 25.3 Å². The normalized spacial score (nSPS) is 10.0. The summed E-state index contributed by atoms with van der Waals surface area (Å²) >= 11 is 0. The summed E-state index contributed by atoms with van der Waals surface area (Å²) in [6.07, 6.45) is -0.956. The molecule has 0 aliphatic carbocycles. The summed E-state index contributed by atoms with van der Waals surface area (Å²) in [7, 11) is 0. The first-order valence-corrected chi connectivity index (χ1v) is 6.61. The van der Waals surface area contributed by atoms with Crippen molar-refractivity contribution in [2.75, 3.05) is 6.54 Å². The molecule has 0 saturated carbocycles. The van der Waals surface area contributed by atoms with Crippen molar-refractivity contribution >= 4 is 23.6 Å². The molecule has 2 N–H and O–H groups in total. The van der Waals surface area contributed by atoms with Crippen LogP contribution in [0.3, 0.4) is 0 Å². The smallest absolute Gasteiger partial charge is 0.312 e. The highest BCUT2D eigenvalue weighted by molar-refractivity contribution is 5.94. The van der Waals surface area contributed by atoms with Gasteiger partial charge in [0.15, 0.2) is 5.78 Å². The fourth-order valence-electron chi connectivity index (χ4n) is 1.83. The number of hydrogen-bond acceptors (Lipinski definition) is 4. The topological polar surface area (TPSA) is 112 Å². The van der Waals surface area contributed by atoms with E-state index < -0.39 is 24.3 Å². The van der Waals surface area contributed by atoms with Crippen LogP contribution in [0.25, 0.3) is 0 Å². The van der Waals surface area contributed by atoms with E-state index in [0.29, 0.717) is 11.1 Å². The quantitative estimate of drug-likeness (QED) is 0.550. The summed E-state index contributed by atoms with van der Waals surface area (Å²) in [6.45, 7) is 1.46. The fourth-order valence-corrected chi connectivity index (χ4v) is 1.83. The van der Waals surface area contributed by atoms with Gasteiger partial charge in [0.05, 0.1) is 6.42 Å². The van der Waals surface area contributed by atoms with Crippen LogP contribution in [0.15, 0.2) is 24.3 Å². The number of Topliss-reactive ketones (excluding diaryl/α,β-unsaturated/α-hetero) is 1. The maximum Gasteiger partial charge on any atom is 0.312 e. The zero-order chi connectivity index (χ0) is 16.7. The van der Waals surface area contributed by atoms with Gasteiger partial charge in [-0.05, 0) is 12.5 Å². The van der Waals surface area contributed by atoms with Gasteiger partial charge in [0.2, 0.25) is 5.91 Å². The lowest BCUT2D eigenvalue weighted by molar-refractivity contribution is -0.144. The molecule has 0 aliphatic heterocycles. The average molecular weight is 307 g/mol. The number of amides is 1. The molecule has 7 heteroatoms. The Hall–Kier alpha value is -2.70. The van der Waals surface area contributed by atoms with E-state index in [0.717, 1.165) is 0 Å². The zero-order valence-electron chi connectivity index (χ0n) is 12.1. The standard InChI is InChI=1S/C15H17NO6/c1-10(17)12-4-2-11(3-5-12)9-16(7-6-14(19)20)13(18)8-15(21)22/h2-5H,6-9H2,1H3,(H,19,20)(H,21,22). The molecule has 0 heterocycles. The van der Waals surface area contributed by atoms with Gasteiger partial charge in [-0.3, -0.25) is 19.2 Å². The summed E-state index contributed by atoms with van der Waals surface area (Å²) in [5.74, 6) is -3.07. The van der Waals surface area contributed by atoms with E-state index >= 15 is 0 Å². The van der Waals surface area contributed by atoms with Crippen molar-refractivity contribution in [2.45, 2.75) is 26.3 Å². The van der Waals surface area contributed by atoms with Gasteiger partial charge in [0, 0.05) is 18.7 Å². The van der Waals surface area contributed by atoms with Crippen molar-refractivity contribution in [1.82, 2.24) is 4.90 Å². The van der Waals surface area contributed by atoms with Gasteiger partial charge >= 0.3 is 11.9 Å². The van der Waals surface area contributed by atoms with Crippen molar-refractivity contribution in [3.63, 3.8) is 0 Å². The second kappa shape index (κ2) is 7.92. The van der Waals surface area contributed by atoms with Gasteiger partial charge in [-0.2, -0.15) is 0 Å². The molecule has 1 amide bonds. The third-order valence-corrected chi connectivity index (χ3v) is 2.98. The molecule has 0 aromatic heterocycles. The van der Waals surface area contributed by atoms with Crippen LogP contribution in [-0.4, -0.2) is 45.3 Å². The maximum atomic E-state index is 11.8. The number of ketones is 1. The van der Waals surface area contributed by atoms with Crippen molar-refractivity contribution in [3.8, 4) is 0 Å². The molecule has 0 radical (unpaired) electrons. The second-order valence-electron chi connectivity index (χ2n) is 4.78. The molecule has 0 atom stereocenters. The summed E-state index contributed by atoms with van der Waals surface area (Å²) in [5.41, 5.74) is 1.21. The number of carbonyl (C=O) groups excluding carboxylic acids is 2. The molecule has 0 saturated heterocycles. The zero-order valence-corrected chi connectivity index (χ0v) is 12.1. The van der Waals surface area contributed by atoms with Crippen LogP contribution in [0.1, 0.15) is 35.7 Å². The number of benzene rings is 1. The van der Waals surface area contributed by atoms with Crippen LogP contribution in [-0.2, 0) is 20.9 Å². The fraction of sp³-hybridized carbons (Fsp3) is 0.333. The lowest BCUT2D eigenvalue weighted by Gasteiger charge is -2.21. The van der Waals surface area contributed by atoms with Gasteiger partial charge in [-0.25, -0.2) is 0 Å². The monoisotopic (exact) mass is 307 g/mol. The molecule has 1 rings (SSSR count). The molecule has 1 aromatic carbocycles. The summed E-state index contributed by atoms with van der Waals surface area (Å²) in [6, 6.07) is 6.51. The summed E-state index contributed by atoms with van der Waals surface area (Å²) < 4.78 is 0. The lowest BCUT2D eigenvalue weighted by atomic mass is 10.1. The van der Waals surface area contributed by atoms with Crippen LogP contribution < -0.4 is 0 Å². The molecule has 0 fully saturated rings. The minimum atomic E-state index is -1.27. The van der Waals surface area contributed by atoms with Crippen LogP contribution in [0, 0.1) is 0 Å². The molecule has 22 heavy (non-hydrogen) atoms. The largest absolute Gasteiger partial charge is 0.481 e. The first-order valence-electron chi connectivity index (χ1n) is 6.61. The third-order valence-electron chi connectivity index (χ3n) is 2.98. The molecule has 0 spiro atoms. The number of carboxylic acids is 2. The highest BCUT2D eigenvalue weighted by atomic mass is 16.4. The molecular formula is C15H17NO6. The van der Waals surface area contributed by atoms with E-state index in [9.17, 15) is 19.2 Å². The molecule has 118 valence electrons. The molecule has 0 bridgehead atoms.